The minimum Gasteiger partial charge on any atom is -0.370 e. The topological polar surface area (TPSA) is 77.2 Å². The molecule has 96 valence electrons. The number of methoxy groups -OCH3 is 1. The summed E-state index contributed by atoms with van der Waals surface area (Å²) >= 11 is 1.40. The Hall–Kier alpha value is -0.980. The van der Waals surface area contributed by atoms with E-state index in [9.17, 15) is 4.79 Å². The van der Waals surface area contributed by atoms with E-state index in [4.69, 9.17) is 10.5 Å². The van der Waals surface area contributed by atoms with Gasteiger partial charge in [-0.2, -0.15) is 0 Å². The number of anilines is 1. The highest BCUT2D eigenvalue weighted by Gasteiger charge is 2.20. The van der Waals surface area contributed by atoms with Gasteiger partial charge in [0.2, 0.25) is 0 Å². The van der Waals surface area contributed by atoms with Crippen molar-refractivity contribution in [2.45, 2.75) is 32.3 Å². The number of carbonyl (C=O) groups is 1. The van der Waals surface area contributed by atoms with Gasteiger partial charge in [-0.3, -0.25) is 10.1 Å². The normalized spacial score (nSPS) is 13.5. The molecule has 0 bridgehead atoms. The molecule has 0 saturated carbocycles. The molecule has 0 aromatic carbocycles. The maximum atomic E-state index is 11.7. The number of rotatable bonds is 4. The quantitative estimate of drug-likeness (QED) is 0.853. The van der Waals surface area contributed by atoms with Crippen LogP contribution in [-0.4, -0.2) is 30.6 Å². The van der Waals surface area contributed by atoms with Crippen LogP contribution < -0.4 is 11.1 Å². The Morgan fingerprint density at radius 3 is 2.71 bits per heavy atom. The first-order valence-electron chi connectivity index (χ1n) is 5.38. The summed E-state index contributed by atoms with van der Waals surface area (Å²) in [5.74, 6) is -0.259. The average Bonchev–Trinajstić information content (AvgIpc) is 2.67. The lowest BCUT2D eigenvalue weighted by Gasteiger charge is -2.14. The van der Waals surface area contributed by atoms with Crippen molar-refractivity contribution in [3.63, 3.8) is 0 Å². The van der Waals surface area contributed by atoms with Crippen molar-refractivity contribution in [1.29, 1.82) is 0 Å². The average molecular weight is 257 g/mol. The zero-order chi connectivity index (χ0) is 13.1. The van der Waals surface area contributed by atoms with Crippen molar-refractivity contribution in [2.24, 2.45) is 5.73 Å². The van der Waals surface area contributed by atoms with Crippen LogP contribution in [-0.2, 0) is 14.9 Å². The Balaban J connectivity index is 2.70. The van der Waals surface area contributed by atoms with Crippen molar-refractivity contribution in [1.82, 2.24) is 4.98 Å². The molecule has 1 atom stereocenters. The van der Waals surface area contributed by atoms with Crippen LogP contribution in [0.3, 0.4) is 0 Å². The summed E-state index contributed by atoms with van der Waals surface area (Å²) < 4.78 is 4.95. The van der Waals surface area contributed by atoms with E-state index in [2.05, 4.69) is 31.1 Å². The molecule has 1 heterocycles. The lowest BCUT2D eigenvalue weighted by atomic mass is 9.93. The molecular formula is C11H19N3O2S. The number of hydrogen-bond acceptors (Lipinski definition) is 5. The van der Waals surface area contributed by atoms with Gasteiger partial charge in [0.15, 0.2) is 5.13 Å². The molecule has 3 N–H and O–H groups in total. The summed E-state index contributed by atoms with van der Waals surface area (Å²) in [4.78, 5) is 16.0. The molecule has 1 aromatic rings. The minimum atomic E-state index is -0.628. The first kappa shape index (κ1) is 14.1. The Morgan fingerprint density at radius 1 is 1.65 bits per heavy atom. The van der Waals surface area contributed by atoms with Gasteiger partial charge in [0.1, 0.15) is 6.10 Å². The van der Waals surface area contributed by atoms with Crippen molar-refractivity contribution < 1.29 is 9.53 Å². The summed E-state index contributed by atoms with van der Waals surface area (Å²) in [5, 5.41) is 5.22. The van der Waals surface area contributed by atoms with E-state index >= 15 is 0 Å². The fourth-order valence-electron chi connectivity index (χ4n) is 1.17. The maximum Gasteiger partial charge on any atom is 0.256 e. The Labute approximate surface area is 105 Å². The summed E-state index contributed by atoms with van der Waals surface area (Å²) in [7, 11) is 1.46. The van der Waals surface area contributed by atoms with Crippen molar-refractivity contribution >= 4 is 22.4 Å². The summed E-state index contributed by atoms with van der Waals surface area (Å²) in [6, 6.07) is 0. The number of amides is 1. The molecule has 0 saturated heterocycles. The molecule has 0 aliphatic carbocycles. The van der Waals surface area contributed by atoms with Crippen LogP contribution in [0, 0.1) is 0 Å². The monoisotopic (exact) mass is 257 g/mol. The SMILES string of the molecule is COC(CN)C(=O)Nc1nc(C(C)(C)C)cs1. The Morgan fingerprint density at radius 2 is 2.29 bits per heavy atom. The highest BCUT2D eigenvalue weighted by atomic mass is 32.1. The highest BCUT2D eigenvalue weighted by Crippen LogP contribution is 2.26. The molecule has 5 nitrogen and oxygen atoms in total. The second kappa shape index (κ2) is 5.57. The van der Waals surface area contributed by atoms with Crippen LogP contribution in [0.15, 0.2) is 5.38 Å². The first-order chi connectivity index (χ1) is 7.88. The third-order valence-corrected chi connectivity index (χ3v) is 3.05. The van der Waals surface area contributed by atoms with Gasteiger partial charge in [-0.15, -0.1) is 11.3 Å². The smallest absolute Gasteiger partial charge is 0.256 e. The summed E-state index contributed by atoms with van der Waals surface area (Å²) in [6.45, 7) is 6.38. The van der Waals surface area contributed by atoms with Crippen LogP contribution in [0.4, 0.5) is 5.13 Å². The predicted molar refractivity (Wildman–Crippen MR) is 69.3 cm³/mol. The van der Waals surface area contributed by atoms with E-state index < -0.39 is 6.10 Å². The zero-order valence-electron chi connectivity index (χ0n) is 10.6. The maximum absolute atomic E-state index is 11.7. The standard InChI is InChI=1S/C11H19N3O2S/c1-11(2,3)8-6-17-10(13-8)14-9(15)7(5-12)16-4/h6-7H,5,12H2,1-4H3,(H,13,14,15). The number of nitrogens with two attached hydrogens (primary N) is 1. The van der Waals surface area contributed by atoms with E-state index in [1.165, 1.54) is 18.4 Å². The van der Waals surface area contributed by atoms with Crippen molar-refractivity contribution in [3.05, 3.63) is 11.1 Å². The van der Waals surface area contributed by atoms with Crippen LogP contribution in [0.5, 0.6) is 0 Å². The third kappa shape index (κ3) is 3.76. The van der Waals surface area contributed by atoms with E-state index in [1.807, 2.05) is 5.38 Å². The van der Waals surface area contributed by atoms with Gasteiger partial charge in [-0.1, -0.05) is 20.8 Å². The molecule has 0 aliphatic rings. The van der Waals surface area contributed by atoms with Gasteiger partial charge < -0.3 is 10.5 Å². The predicted octanol–water partition coefficient (Wildman–Crippen LogP) is 1.35. The lowest BCUT2D eigenvalue weighted by molar-refractivity contribution is -0.125. The van der Waals surface area contributed by atoms with Gasteiger partial charge in [-0.25, -0.2) is 4.98 Å². The molecule has 1 rings (SSSR count). The molecule has 0 spiro atoms. The largest absolute Gasteiger partial charge is 0.370 e. The number of ether oxygens (including phenoxy) is 1. The highest BCUT2D eigenvalue weighted by molar-refractivity contribution is 7.13. The number of hydrogen-bond donors (Lipinski definition) is 2. The van der Waals surface area contributed by atoms with Gasteiger partial charge in [0.05, 0.1) is 5.69 Å². The van der Waals surface area contributed by atoms with Crippen LogP contribution in [0.1, 0.15) is 26.5 Å². The molecule has 0 radical (unpaired) electrons. The molecule has 6 heteroatoms. The second-order valence-electron chi connectivity index (χ2n) is 4.74. The number of aromatic nitrogens is 1. The Kier molecular flexibility index (Phi) is 4.62. The van der Waals surface area contributed by atoms with Crippen molar-refractivity contribution in [3.8, 4) is 0 Å². The van der Waals surface area contributed by atoms with Gasteiger partial charge in [0, 0.05) is 24.4 Å². The van der Waals surface area contributed by atoms with E-state index in [1.54, 1.807) is 0 Å². The molecule has 0 fully saturated rings. The number of nitrogens with zero attached hydrogens (tertiary/aromatic N) is 1. The van der Waals surface area contributed by atoms with Crippen molar-refractivity contribution in [2.75, 3.05) is 19.0 Å². The fraction of sp³-hybridized carbons (Fsp3) is 0.636. The molecule has 0 aliphatic heterocycles. The number of thiazole rings is 1. The molecule has 1 unspecified atom stereocenters. The zero-order valence-corrected chi connectivity index (χ0v) is 11.4. The fourth-order valence-corrected chi connectivity index (χ4v) is 2.11. The molecule has 17 heavy (non-hydrogen) atoms. The van der Waals surface area contributed by atoms with E-state index in [0.717, 1.165) is 5.69 Å². The number of carbonyl (C=O) groups excluding carboxylic acids is 1. The van der Waals surface area contributed by atoms with Gasteiger partial charge in [0.25, 0.3) is 5.91 Å². The second-order valence-corrected chi connectivity index (χ2v) is 5.60. The van der Waals surface area contributed by atoms with E-state index in [-0.39, 0.29) is 17.9 Å². The van der Waals surface area contributed by atoms with Crippen LogP contribution in [0.2, 0.25) is 0 Å². The van der Waals surface area contributed by atoms with Crippen LogP contribution in [0.25, 0.3) is 0 Å². The molecule has 1 amide bonds. The summed E-state index contributed by atoms with van der Waals surface area (Å²) in [6.07, 6.45) is -0.628. The first-order valence-corrected chi connectivity index (χ1v) is 6.26. The van der Waals surface area contributed by atoms with E-state index in [0.29, 0.717) is 5.13 Å². The Bertz CT molecular complexity index is 380. The van der Waals surface area contributed by atoms with Gasteiger partial charge in [-0.05, 0) is 0 Å². The summed E-state index contributed by atoms with van der Waals surface area (Å²) in [5.41, 5.74) is 6.35. The molecule has 1 aromatic heterocycles. The number of nitrogens with one attached hydrogen (secondary N) is 1. The minimum absolute atomic E-state index is 0.0198. The molecular weight excluding hydrogens is 238 g/mol. The lowest BCUT2D eigenvalue weighted by Crippen LogP contribution is -2.35. The van der Waals surface area contributed by atoms with Crippen LogP contribution >= 0.6 is 11.3 Å². The van der Waals surface area contributed by atoms with Gasteiger partial charge >= 0.3 is 0 Å². The third-order valence-electron chi connectivity index (χ3n) is 2.29.